The first-order chi connectivity index (χ1) is 18.3. The Balaban J connectivity index is 1.28. The van der Waals surface area contributed by atoms with Gasteiger partial charge in [0.05, 0.1) is 36.7 Å². The van der Waals surface area contributed by atoms with Gasteiger partial charge in [-0.2, -0.15) is 10.2 Å². The highest BCUT2D eigenvalue weighted by molar-refractivity contribution is 7.89. The Morgan fingerprint density at radius 3 is 2.49 bits per heavy atom. The zero-order chi connectivity index (χ0) is 28.2. The number of benzene rings is 1. The minimum atomic E-state index is -4.06. The normalized spacial score (nSPS) is 17.6. The van der Waals surface area contributed by atoms with Gasteiger partial charge < -0.3 is 9.64 Å². The number of carbonyl (C=O) groups is 1. The maximum absolute atomic E-state index is 14.5. The molecule has 1 atom stereocenters. The molecular formula is C23H21F4N7O4S. The maximum Gasteiger partial charge on any atom is 0.341 e. The van der Waals surface area contributed by atoms with E-state index >= 15 is 0 Å². The molecule has 11 nitrogen and oxygen atoms in total. The number of urea groups is 1. The van der Waals surface area contributed by atoms with E-state index in [1.807, 2.05) is 0 Å². The molecule has 2 aliphatic heterocycles. The van der Waals surface area contributed by atoms with Crippen molar-refractivity contribution in [3.63, 3.8) is 0 Å². The molecule has 3 aromatic rings. The van der Waals surface area contributed by atoms with Gasteiger partial charge >= 0.3 is 6.03 Å². The predicted molar refractivity (Wildman–Crippen MR) is 128 cm³/mol. The molecule has 0 unspecified atom stereocenters. The topological polar surface area (TPSA) is 136 Å². The van der Waals surface area contributed by atoms with Crippen LogP contribution in [-0.4, -0.2) is 64.5 Å². The summed E-state index contributed by atoms with van der Waals surface area (Å²) in [6, 6.07) is 0.778. The maximum atomic E-state index is 14.5. The molecule has 0 spiro atoms. The molecular weight excluding hydrogens is 546 g/mol. The Hall–Kier alpha value is -4.05. The number of nitrogens with zero attached hydrogens (tertiary/aromatic N) is 6. The Bertz CT molecular complexity index is 1620. The number of hydrogen-bond acceptors (Lipinski definition) is 7. The standard InChI is InChI=1S/C23H21F4N7O4S/c1-11-22(39(28,36)37)12(2)33(31-11)20-7-19(17(26)8-29-20)38-14-9-32(10-14)23(35)34-18(3-4-30-34)15-5-13(24)6-16(25)21(15)27/h4-8,14,18H,3,9-10H2,1-2H3,(H2,28,36,37)/t18-/m0/s1. The Labute approximate surface area is 219 Å². The summed E-state index contributed by atoms with van der Waals surface area (Å²) < 4.78 is 86.9. The molecule has 0 radical (unpaired) electrons. The summed E-state index contributed by atoms with van der Waals surface area (Å²) in [5, 5.41) is 14.3. The number of ether oxygens (including phenoxy) is 1. The van der Waals surface area contributed by atoms with Crippen molar-refractivity contribution in [2.24, 2.45) is 10.2 Å². The van der Waals surface area contributed by atoms with Gasteiger partial charge in [0, 0.05) is 30.3 Å². The van der Waals surface area contributed by atoms with Crippen molar-refractivity contribution in [2.45, 2.75) is 37.3 Å². The van der Waals surface area contributed by atoms with Crippen molar-refractivity contribution in [1.29, 1.82) is 0 Å². The first-order valence-corrected chi connectivity index (χ1v) is 13.1. The van der Waals surface area contributed by atoms with Crippen molar-refractivity contribution in [3.05, 3.63) is 64.6 Å². The van der Waals surface area contributed by atoms with Gasteiger partial charge in [0.2, 0.25) is 10.0 Å². The van der Waals surface area contributed by atoms with Crippen molar-refractivity contribution >= 4 is 22.3 Å². The molecule has 2 N–H and O–H groups in total. The number of halogens is 4. The fourth-order valence-electron chi connectivity index (χ4n) is 4.55. The zero-order valence-electron chi connectivity index (χ0n) is 20.5. The Morgan fingerprint density at radius 1 is 1.10 bits per heavy atom. The van der Waals surface area contributed by atoms with E-state index in [1.54, 1.807) is 0 Å². The van der Waals surface area contributed by atoms with Crippen LogP contribution < -0.4 is 9.88 Å². The molecule has 0 saturated carbocycles. The monoisotopic (exact) mass is 567 g/mol. The van der Waals surface area contributed by atoms with Crippen LogP contribution in [0.5, 0.6) is 5.75 Å². The summed E-state index contributed by atoms with van der Waals surface area (Å²) in [5.74, 6) is -4.56. The third kappa shape index (κ3) is 4.80. The van der Waals surface area contributed by atoms with E-state index < -0.39 is 51.5 Å². The molecule has 2 aliphatic rings. The number of aryl methyl sites for hydroxylation is 1. The number of hydrazone groups is 1. The number of likely N-dealkylation sites (tertiary alicyclic amines) is 1. The molecule has 1 aromatic carbocycles. The highest BCUT2D eigenvalue weighted by Crippen LogP contribution is 2.34. The smallest absolute Gasteiger partial charge is 0.341 e. The summed E-state index contributed by atoms with van der Waals surface area (Å²) in [6.07, 6.45) is 1.65. The van der Waals surface area contributed by atoms with Crippen LogP contribution in [0.4, 0.5) is 22.4 Å². The first kappa shape index (κ1) is 26.6. The van der Waals surface area contributed by atoms with Gasteiger partial charge in [0.15, 0.2) is 29.0 Å². The molecule has 1 fully saturated rings. The number of hydrogen-bond donors (Lipinski definition) is 1. The molecule has 5 rings (SSSR count). The van der Waals surface area contributed by atoms with Gasteiger partial charge in [-0.1, -0.05) is 0 Å². The number of pyridine rings is 1. The van der Waals surface area contributed by atoms with Crippen LogP contribution in [0, 0.1) is 37.1 Å². The number of sulfonamides is 1. The summed E-state index contributed by atoms with van der Waals surface area (Å²) >= 11 is 0. The lowest BCUT2D eigenvalue weighted by Gasteiger charge is -2.41. The summed E-state index contributed by atoms with van der Waals surface area (Å²) in [7, 11) is -4.06. The average molecular weight is 568 g/mol. The van der Waals surface area contributed by atoms with Gasteiger partial charge in [0.1, 0.15) is 16.8 Å². The van der Waals surface area contributed by atoms with Gasteiger partial charge in [-0.25, -0.2) is 50.6 Å². The van der Waals surface area contributed by atoms with Crippen LogP contribution in [0.1, 0.15) is 29.4 Å². The molecule has 39 heavy (non-hydrogen) atoms. The first-order valence-electron chi connectivity index (χ1n) is 11.5. The van der Waals surface area contributed by atoms with E-state index in [9.17, 15) is 30.8 Å². The number of primary sulfonamides is 1. The summed E-state index contributed by atoms with van der Waals surface area (Å²) in [6.45, 7) is 2.96. The van der Waals surface area contributed by atoms with Gasteiger partial charge in [-0.05, 0) is 19.9 Å². The molecule has 0 bridgehead atoms. The van der Waals surface area contributed by atoms with Crippen LogP contribution in [0.15, 0.2) is 34.4 Å². The highest BCUT2D eigenvalue weighted by atomic mass is 32.2. The number of nitrogens with two attached hydrogens (primary N) is 1. The molecule has 2 amide bonds. The molecule has 0 aliphatic carbocycles. The van der Waals surface area contributed by atoms with Crippen molar-refractivity contribution < 1.29 is 35.5 Å². The van der Waals surface area contributed by atoms with Crippen molar-refractivity contribution in [3.8, 4) is 11.6 Å². The van der Waals surface area contributed by atoms with E-state index in [1.165, 1.54) is 35.7 Å². The second-order valence-electron chi connectivity index (χ2n) is 9.04. The number of rotatable bonds is 5. The quantitative estimate of drug-likeness (QED) is 0.372. The SMILES string of the molecule is Cc1nn(-c2cc(OC3CN(C(=O)N4N=CC[C@H]4c4cc(F)cc(F)c4F)C3)c(F)cn2)c(C)c1S(N)(=O)=O. The molecule has 16 heteroatoms. The largest absolute Gasteiger partial charge is 0.483 e. The predicted octanol–water partition coefficient (Wildman–Crippen LogP) is 2.70. The van der Waals surface area contributed by atoms with Crippen molar-refractivity contribution in [2.75, 3.05) is 13.1 Å². The van der Waals surface area contributed by atoms with Crippen molar-refractivity contribution in [1.82, 2.24) is 24.7 Å². The van der Waals surface area contributed by atoms with Gasteiger partial charge in [-0.15, -0.1) is 0 Å². The van der Waals surface area contributed by atoms with E-state index in [-0.39, 0.29) is 52.9 Å². The highest BCUT2D eigenvalue weighted by Gasteiger charge is 2.40. The second kappa shape index (κ2) is 9.60. The number of amides is 2. The minimum Gasteiger partial charge on any atom is -0.483 e. The molecule has 1 saturated heterocycles. The van der Waals surface area contributed by atoms with E-state index in [2.05, 4.69) is 15.2 Å². The van der Waals surface area contributed by atoms with Crippen LogP contribution in [0.25, 0.3) is 5.82 Å². The Kier molecular flexibility index (Phi) is 6.54. The lowest BCUT2D eigenvalue weighted by atomic mass is 10.0. The number of aromatic nitrogens is 3. The number of carbonyl (C=O) groups excluding carboxylic acids is 1. The summed E-state index contributed by atoms with van der Waals surface area (Å²) in [5.41, 5.74) is -0.0240. The minimum absolute atomic E-state index is 0.0180. The second-order valence-corrected chi connectivity index (χ2v) is 10.5. The molecule has 4 heterocycles. The average Bonchev–Trinajstić information content (AvgIpc) is 3.43. The fourth-order valence-corrected chi connectivity index (χ4v) is 5.50. The van der Waals surface area contributed by atoms with Crippen LogP contribution >= 0.6 is 0 Å². The van der Waals surface area contributed by atoms with E-state index in [0.717, 1.165) is 17.3 Å². The van der Waals surface area contributed by atoms with E-state index in [4.69, 9.17) is 9.88 Å². The lowest BCUT2D eigenvalue weighted by molar-refractivity contribution is 0.0254. The van der Waals surface area contributed by atoms with Crippen LogP contribution in [0.3, 0.4) is 0 Å². The summed E-state index contributed by atoms with van der Waals surface area (Å²) in [4.78, 5) is 18.0. The molecule has 2 aromatic heterocycles. The molecule has 206 valence electrons. The van der Waals surface area contributed by atoms with Gasteiger partial charge in [0.25, 0.3) is 0 Å². The zero-order valence-corrected chi connectivity index (χ0v) is 21.3. The third-order valence-corrected chi connectivity index (χ3v) is 7.51. The fraction of sp³-hybridized carbons (Fsp3) is 0.304. The third-order valence-electron chi connectivity index (χ3n) is 6.35. The lowest BCUT2D eigenvalue weighted by Crippen LogP contribution is -2.59. The van der Waals surface area contributed by atoms with Crippen LogP contribution in [-0.2, 0) is 10.0 Å². The van der Waals surface area contributed by atoms with Crippen LogP contribution in [0.2, 0.25) is 0 Å². The van der Waals surface area contributed by atoms with Gasteiger partial charge in [-0.3, -0.25) is 0 Å². The Morgan fingerprint density at radius 2 is 1.82 bits per heavy atom. The van der Waals surface area contributed by atoms with E-state index in [0.29, 0.717) is 6.07 Å².